The summed E-state index contributed by atoms with van der Waals surface area (Å²) in [5.41, 5.74) is 6.47. The van der Waals surface area contributed by atoms with E-state index in [9.17, 15) is 4.79 Å². The largest absolute Gasteiger partial charge is 0.318 e. The van der Waals surface area contributed by atoms with E-state index in [1.54, 1.807) is 11.6 Å². The van der Waals surface area contributed by atoms with E-state index in [4.69, 9.17) is 4.99 Å². The lowest BCUT2D eigenvalue weighted by atomic mass is 9.62. The zero-order chi connectivity index (χ0) is 18.7. The number of hydrogen-bond acceptors (Lipinski definition) is 3. The number of hydrogen-bond donors (Lipinski definition) is 0. The molecule has 1 saturated carbocycles. The summed E-state index contributed by atoms with van der Waals surface area (Å²) in [4.78, 5) is 20.2. The van der Waals surface area contributed by atoms with Crippen molar-refractivity contribution >= 4 is 11.5 Å². The predicted octanol–water partition coefficient (Wildman–Crippen LogP) is 5.28. The fourth-order valence-corrected chi connectivity index (χ4v) is 6.48. The Morgan fingerprint density at radius 3 is 2.75 bits per heavy atom. The first-order chi connectivity index (χ1) is 13.8. The van der Waals surface area contributed by atoms with Crippen LogP contribution in [0.5, 0.6) is 0 Å². The van der Waals surface area contributed by atoms with Gasteiger partial charge in [0.1, 0.15) is 5.66 Å². The maximum atomic E-state index is 12.2. The highest BCUT2D eigenvalue weighted by Gasteiger charge is 2.58. The molecule has 3 atom stereocenters. The van der Waals surface area contributed by atoms with Crippen LogP contribution in [0.25, 0.3) is 0 Å². The molecule has 2 aliphatic heterocycles. The third-order valence-electron chi connectivity index (χ3n) is 7.48. The number of nitrogens with zero attached hydrogens (tertiary/aromatic N) is 2. The van der Waals surface area contributed by atoms with Crippen LogP contribution in [0.4, 0.5) is 0 Å². The minimum Gasteiger partial charge on any atom is -0.318 e. The van der Waals surface area contributed by atoms with E-state index in [0.29, 0.717) is 11.8 Å². The van der Waals surface area contributed by atoms with Crippen molar-refractivity contribution in [3.63, 3.8) is 0 Å². The van der Waals surface area contributed by atoms with Gasteiger partial charge >= 0.3 is 0 Å². The number of allylic oxidation sites excluding steroid dienone is 5. The Balaban J connectivity index is 1.61. The van der Waals surface area contributed by atoms with Crippen LogP contribution >= 0.6 is 0 Å². The lowest BCUT2D eigenvalue weighted by molar-refractivity contribution is -0.110. The van der Waals surface area contributed by atoms with Crippen LogP contribution in [-0.4, -0.2) is 22.1 Å². The summed E-state index contributed by atoms with van der Waals surface area (Å²) in [6.45, 7) is 0. The van der Waals surface area contributed by atoms with E-state index in [1.165, 1.54) is 49.8 Å². The molecule has 1 aromatic carbocycles. The molecular formula is C25H26N2O. The van der Waals surface area contributed by atoms with Gasteiger partial charge in [-0.05, 0) is 68.2 Å². The monoisotopic (exact) mass is 370 g/mol. The van der Waals surface area contributed by atoms with E-state index in [-0.39, 0.29) is 11.4 Å². The number of carbonyl (C=O) groups excluding carboxylic acids is 1. The van der Waals surface area contributed by atoms with Gasteiger partial charge in [0.25, 0.3) is 0 Å². The van der Waals surface area contributed by atoms with Crippen LogP contribution in [-0.2, 0) is 4.79 Å². The molecule has 3 heteroatoms. The van der Waals surface area contributed by atoms with Gasteiger partial charge in [0, 0.05) is 23.6 Å². The van der Waals surface area contributed by atoms with Gasteiger partial charge in [0.15, 0.2) is 5.78 Å². The van der Waals surface area contributed by atoms with Crippen molar-refractivity contribution in [3.05, 3.63) is 71.1 Å². The quantitative estimate of drug-likeness (QED) is 0.630. The van der Waals surface area contributed by atoms with Crippen LogP contribution in [0.15, 0.2) is 70.5 Å². The second-order valence-electron chi connectivity index (χ2n) is 8.90. The van der Waals surface area contributed by atoms with Gasteiger partial charge in [0.05, 0.1) is 11.4 Å². The molecule has 0 amide bonds. The summed E-state index contributed by atoms with van der Waals surface area (Å²) in [6.07, 6.45) is 15.1. The molecule has 28 heavy (non-hydrogen) atoms. The van der Waals surface area contributed by atoms with Crippen molar-refractivity contribution in [1.29, 1.82) is 0 Å². The molecule has 1 fully saturated rings. The molecular weight excluding hydrogens is 344 g/mol. The van der Waals surface area contributed by atoms with Gasteiger partial charge in [0.2, 0.25) is 0 Å². The van der Waals surface area contributed by atoms with E-state index >= 15 is 0 Å². The lowest BCUT2D eigenvalue weighted by Gasteiger charge is -2.56. The van der Waals surface area contributed by atoms with Gasteiger partial charge in [-0.15, -0.1) is 0 Å². The Labute approximate surface area is 166 Å². The number of fused-ring (bicyclic) bond motifs is 3. The summed E-state index contributed by atoms with van der Waals surface area (Å²) >= 11 is 0. The van der Waals surface area contributed by atoms with Gasteiger partial charge in [-0.1, -0.05) is 36.8 Å². The van der Waals surface area contributed by atoms with E-state index in [2.05, 4.69) is 35.2 Å². The SMILES string of the molecule is O=C1C=CC2=N[C@]34CCCC[C@@H]3[C@H](c3ccccc3)C3=C(CCCC3)N4C2=C1. The third-order valence-corrected chi connectivity index (χ3v) is 7.48. The van der Waals surface area contributed by atoms with Crippen LogP contribution in [0.3, 0.4) is 0 Å². The van der Waals surface area contributed by atoms with Crippen LogP contribution < -0.4 is 0 Å². The summed E-state index contributed by atoms with van der Waals surface area (Å²) in [7, 11) is 0. The van der Waals surface area contributed by atoms with E-state index < -0.39 is 0 Å². The topological polar surface area (TPSA) is 32.7 Å². The standard InChI is InChI=1S/C25H26N2O/c28-18-13-14-21-23(16-18)27-22-12-5-4-10-19(22)24(17-8-2-1-3-9-17)20-11-6-7-15-25(20,27)26-21/h1-3,8-9,13-14,16,20,24H,4-7,10-12,15H2/t20-,24-,25+/m1/s1. The molecule has 3 nitrogen and oxygen atoms in total. The maximum Gasteiger partial charge on any atom is 0.180 e. The Morgan fingerprint density at radius 1 is 1.00 bits per heavy atom. The van der Waals surface area contributed by atoms with Crippen LogP contribution in [0.2, 0.25) is 0 Å². The molecule has 0 radical (unpaired) electrons. The van der Waals surface area contributed by atoms with Gasteiger partial charge in [-0.3, -0.25) is 9.79 Å². The molecule has 3 aliphatic carbocycles. The maximum absolute atomic E-state index is 12.2. The Bertz CT molecular complexity index is 968. The summed E-state index contributed by atoms with van der Waals surface area (Å²) in [5, 5.41) is 0. The molecule has 0 bridgehead atoms. The number of benzene rings is 1. The molecule has 1 spiro atoms. The highest BCUT2D eigenvalue weighted by atomic mass is 16.1. The summed E-state index contributed by atoms with van der Waals surface area (Å²) in [5.74, 6) is 1.06. The van der Waals surface area contributed by atoms with Crippen molar-refractivity contribution in [2.24, 2.45) is 10.9 Å². The number of aliphatic imine (C=N–C) groups is 1. The highest BCUT2D eigenvalue weighted by Crippen LogP contribution is 2.60. The molecule has 0 aromatic heterocycles. The Morgan fingerprint density at radius 2 is 1.86 bits per heavy atom. The molecule has 0 unspecified atom stereocenters. The van der Waals surface area contributed by atoms with Gasteiger partial charge in [-0.2, -0.15) is 0 Å². The van der Waals surface area contributed by atoms with Gasteiger partial charge < -0.3 is 4.90 Å². The Kier molecular flexibility index (Phi) is 3.56. The summed E-state index contributed by atoms with van der Waals surface area (Å²) < 4.78 is 0. The third kappa shape index (κ3) is 2.16. The average molecular weight is 370 g/mol. The van der Waals surface area contributed by atoms with Crippen molar-refractivity contribution < 1.29 is 4.79 Å². The molecule has 1 aromatic rings. The number of rotatable bonds is 1. The fourth-order valence-electron chi connectivity index (χ4n) is 6.48. The molecule has 5 aliphatic rings. The second kappa shape index (κ2) is 6.04. The molecule has 0 saturated heterocycles. The first-order valence-corrected chi connectivity index (χ1v) is 10.9. The first-order valence-electron chi connectivity index (χ1n) is 10.9. The van der Waals surface area contributed by atoms with Crippen LogP contribution in [0.1, 0.15) is 62.8 Å². The summed E-state index contributed by atoms with van der Waals surface area (Å²) in [6, 6.07) is 11.1. The Hall–Kier alpha value is -2.42. The van der Waals surface area contributed by atoms with Crippen molar-refractivity contribution in [3.8, 4) is 0 Å². The van der Waals surface area contributed by atoms with Crippen molar-refractivity contribution in [2.75, 3.05) is 0 Å². The zero-order valence-corrected chi connectivity index (χ0v) is 16.2. The predicted molar refractivity (Wildman–Crippen MR) is 111 cm³/mol. The van der Waals surface area contributed by atoms with Crippen molar-refractivity contribution in [2.45, 2.75) is 62.9 Å². The zero-order valence-electron chi connectivity index (χ0n) is 16.2. The second-order valence-corrected chi connectivity index (χ2v) is 8.90. The van der Waals surface area contributed by atoms with E-state index in [1.807, 2.05) is 12.2 Å². The first kappa shape index (κ1) is 16.5. The number of carbonyl (C=O) groups is 1. The smallest absolute Gasteiger partial charge is 0.180 e. The average Bonchev–Trinajstić information content (AvgIpc) is 3.06. The highest BCUT2D eigenvalue weighted by molar-refractivity contribution is 6.20. The van der Waals surface area contributed by atoms with E-state index in [0.717, 1.165) is 24.3 Å². The molecule has 6 rings (SSSR count). The van der Waals surface area contributed by atoms with Crippen LogP contribution in [0, 0.1) is 5.92 Å². The molecule has 0 N–H and O–H groups in total. The minimum atomic E-state index is -0.189. The van der Waals surface area contributed by atoms with Gasteiger partial charge in [-0.25, -0.2) is 0 Å². The number of ketones is 1. The van der Waals surface area contributed by atoms with Crippen molar-refractivity contribution in [1.82, 2.24) is 4.90 Å². The molecule has 2 heterocycles. The fraction of sp³-hybridized carbons (Fsp3) is 0.440. The molecule has 142 valence electrons. The normalized spacial score (nSPS) is 33.6. The lowest BCUT2D eigenvalue weighted by Crippen LogP contribution is -2.56. The minimum absolute atomic E-state index is 0.0986.